The molecule has 8 heteroatoms. The number of rotatable bonds is 4. The molecule has 1 aliphatic rings. The van der Waals surface area contributed by atoms with Crippen LogP contribution in [0.1, 0.15) is 35.7 Å². The van der Waals surface area contributed by atoms with Gasteiger partial charge < -0.3 is 14.2 Å². The van der Waals surface area contributed by atoms with Crippen molar-refractivity contribution in [3.8, 4) is 0 Å². The van der Waals surface area contributed by atoms with E-state index in [4.69, 9.17) is 4.42 Å². The van der Waals surface area contributed by atoms with E-state index in [2.05, 4.69) is 53.2 Å². The van der Waals surface area contributed by atoms with Crippen LogP contribution in [0.3, 0.4) is 0 Å². The number of benzene rings is 2. The fourth-order valence-corrected chi connectivity index (χ4v) is 4.65. The standard InChI is InChI=1S/C23H25N5O2S/c1-14(2)15-5-7-19-18(12-15)24-22(30-19)26-23-25-17-6-4-16(13-20(17)31-23)21(29)28-10-8-27(3)9-11-28/h4-7,12-14H,8-11H2,1-3H3,(H,24,25,26). The molecular formula is C23H25N5O2S. The van der Waals surface area contributed by atoms with Gasteiger partial charge in [0.2, 0.25) is 0 Å². The second-order valence-electron chi connectivity index (χ2n) is 8.32. The summed E-state index contributed by atoms with van der Waals surface area (Å²) in [4.78, 5) is 26.2. The first-order chi connectivity index (χ1) is 15.0. The summed E-state index contributed by atoms with van der Waals surface area (Å²) in [5.41, 5.74) is 4.35. The third kappa shape index (κ3) is 4.00. The quantitative estimate of drug-likeness (QED) is 0.501. The highest BCUT2D eigenvalue weighted by atomic mass is 32.1. The van der Waals surface area contributed by atoms with Crippen molar-refractivity contribution in [3.63, 3.8) is 0 Å². The minimum absolute atomic E-state index is 0.0813. The molecule has 0 spiro atoms. The van der Waals surface area contributed by atoms with Crippen LogP contribution in [0.15, 0.2) is 40.8 Å². The lowest BCUT2D eigenvalue weighted by Crippen LogP contribution is -2.47. The summed E-state index contributed by atoms with van der Waals surface area (Å²) >= 11 is 1.49. The maximum Gasteiger partial charge on any atom is 0.302 e. The SMILES string of the molecule is CC(C)c1ccc2oc(Nc3nc4ccc(C(=O)N5CCN(C)CC5)cc4s3)nc2c1. The van der Waals surface area contributed by atoms with Gasteiger partial charge in [0.05, 0.1) is 10.2 Å². The molecule has 0 bridgehead atoms. The Bertz CT molecular complexity index is 1250. The number of hydrogen-bond donors (Lipinski definition) is 1. The van der Waals surface area contributed by atoms with E-state index in [0.29, 0.717) is 22.6 Å². The zero-order valence-corrected chi connectivity index (χ0v) is 18.7. The first-order valence-corrected chi connectivity index (χ1v) is 11.3. The molecule has 3 heterocycles. The van der Waals surface area contributed by atoms with Gasteiger partial charge in [0.1, 0.15) is 5.52 Å². The van der Waals surface area contributed by atoms with Crippen LogP contribution in [-0.2, 0) is 0 Å². The van der Waals surface area contributed by atoms with Crippen LogP contribution in [0, 0.1) is 0 Å². The normalized spacial score (nSPS) is 15.3. The number of piperazine rings is 1. The van der Waals surface area contributed by atoms with E-state index in [0.717, 1.165) is 47.5 Å². The van der Waals surface area contributed by atoms with Crippen molar-refractivity contribution < 1.29 is 9.21 Å². The van der Waals surface area contributed by atoms with E-state index in [-0.39, 0.29) is 5.91 Å². The summed E-state index contributed by atoms with van der Waals surface area (Å²) in [6.45, 7) is 7.66. The lowest BCUT2D eigenvalue weighted by Gasteiger charge is -2.32. The molecule has 1 saturated heterocycles. The molecule has 31 heavy (non-hydrogen) atoms. The highest BCUT2D eigenvalue weighted by molar-refractivity contribution is 7.22. The number of amides is 1. The van der Waals surface area contributed by atoms with Gasteiger partial charge in [0, 0.05) is 31.7 Å². The van der Waals surface area contributed by atoms with E-state index < -0.39 is 0 Å². The van der Waals surface area contributed by atoms with Gasteiger partial charge in [-0.1, -0.05) is 31.3 Å². The third-order valence-electron chi connectivity index (χ3n) is 5.72. The number of hydrogen-bond acceptors (Lipinski definition) is 7. The minimum atomic E-state index is 0.0813. The van der Waals surface area contributed by atoms with E-state index in [9.17, 15) is 4.79 Å². The van der Waals surface area contributed by atoms with Crippen LogP contribution in [0.25, 0.3) is 21.3 Å². The van der Waals surface area contributed by atoms with Gasteiger partial charge in [0.15, 0.2) is 10.7 Å². The average Bonchev–Trinajstić information content (AvgIpc) is 3.35. The van der Waals surface area contributed by atoms with Crippen molar-refractivity contribution in [2.75, 3.05) is 38.5 Å². The van der Waals surface area contributed by atoms with E-state index in [1.807, 2.05) is 29.2 Å². The van der Waals surface area contributed by atoms with Gasteiger partial charge in [-0.25, -0.2) is 4.98 Å². The number of carbonyl (C=O) groups excluding carboxylic acids is 1. The Hall–Kier alpha value is -2.97. The molecule has 4 aromatic rings. The Labute approximate surface area is 184 Å². The van der Waals surface area contributed by atoms with Crippen molar-refractivity contribution in [3.05, 3.63) is 47.5 Å². The van der Waals surface area contributed by atoms with Crippen molar-refractivity contribution in [1.29, 1.82) is 0 Å². The topological polar surface area (TPSA) is 74.5 Å². The summed E-state index contributed by atoms with van der Waals surface area (Å²) in [5.74, 6) is 0.516. The maximum absolute atomic E-state index is 12.9. The summed E-state index contributed by atoms with van der Waals surface area (Å²) in [5, 5.41) is 3.87. The molecule has 0 radical (unpaired) electrons. The Balaban J connectivity index is 1.36. The molecule has 2 aromatic heterocycles. The van der Waals surface area contributed by atoms with Gasteiger partial charge >= 0.3 is 6.01 Å². The van der Waals surface area contributed by atoms with E-state index >= 15 is 0 Å². The number of aromatic nitrogens is 2. The molecule has 0 saturated carbocycles. The van der Waals surface area contributed by atoms with E-state index in [1.165, 1.54) is 16.9 Å². The number of carbonyl (C=O) groups is 1. The zero-order valence-electron chi connectivity index (χ0n) is 17.9. The molecule has 0 unspecified atom stereocenters. The predicted molar refractivity (Wildman–Crippen MR) is 124 cm³/mol. The van der Waals surface area contributed by atoms with Gasteiger partial charge in [-0.2, -0.15) is 4.98 Å². The highest BCUT2D eigenvalue weighted by Crippen LogP contribution is 2.31. The van der Waals surface area contributed by atoms with Crippen LogP contribution in [0.5, 0.6) is 0 Å². The van der Waals surface area contributed by atoms with Crippen LogP contribution in [-0.4, -0.2) is 58.9 Å². The Kier molecular flexibility index (Phi) is 5.11. The Morgan fingerprint density at radius 3 is 2.65 bits per heavy atom. The van der Waals surface area contributed by atoms with Crippen LogP contribution >= 0.6 is 11.3 Å². The molecule has 160 valence electrons. The molecule has 1 amide bonds. The van der Waals surface area contributed by atoms with Crippen molar-refractivity contribution >= 4 is 49.7 Å². The van der Waals surface area contributed by atoms with E-state index in [1.54, 1.807) is 0 Å². The van der Waals surface area contributed by atoms with Crippen molar-refractivity contribution in [2.24, 2.45) is 0 Å². The van der Waals surface area contributed by atoms with Gasteiger partial charge in [-0.05, 0) is 48.9 Å². The Morgan fingerprint density at radius 1 is 1.06 bits per heavy atom. The number of likely N-dealkylation sites (N-methyl/N-ethyl adjacent to an activating group) is 1. The average molecular weight is 436 g/mol. The first kappa shape index (κ1) is 20.0. The highest BCUT2D eigenvalue weighted by Gasteiger charge is 2.21. The van der Waals surface area contributed by atoms with Gasteiger partial charge in [-0.15, -0.1) is 0 Å². The fraction of sp³-hybridized carbons (Fsp3) is 0.348. The predicted octanol–water partition coefficient (Wildman–Crippen LogP) is 4.69. The number of anilines is 2. The largest absolute Gasteiger partial charge is 0.423 e. The third-order valence-corrected chi connectivity index (χ3v) is 6.65. The monoisotopic (exact) mass is 435 g/mol. The van der Waals surface area contributed by atoms with Crippen LogP contribution in [0.2, 0.25) is 0 Å². The number of thiazole rings is 1. The molecule has 0 atom stereocenters. The number of oxazole rings is 1. The lowest BCUT2D eigenvalue weighted by atomic mass is 10.0. The van der Waals surface area contributed by atoms with Crippen molar-refractivity contribution in [2.45, 2.75) is 19.8 Å². The molecule has 0 aliphatic carbocycles. The lowest BCUT2D eigenvalue weighted by molar-refractivity contribution is 0.0664. The van der Waals surface area contributed by atoms with Crippen LogP contribution < -0.4 is 5.32 Å². The first-order valence-electron chi connectivity index (χ1n) is 10.5. The summed E-state index contributed by atoms with van der Waals surface area (Å²) < 4.78 is 6.79. The zero-order chi connectivity index (χ0) is 21.5. The maximum atomic E-state index is 12.9. The molecule has 5 rings (SSSR count). The summed E-state index contributed by atoms with van der Waals surface area (Å²) in [6, 6.07) is 12.2. The van der Waals surface area contributed by atoms with Crippen LogP contribution in [0.4, 0.5) is 11.1 Å². The molecular weight excluding hydrogens is 410 g/mol. The summed E-state index contributed by atoms with van der Waals surface area (Å²) in [7, 11) is 2.08. The molecule has 1 aliphatic heterocycles. The Morgan fingerprint density at radius 2 is 1.87 bits per heavy atom. The number of nitrogens with zero attached hydrogens (tertiary/aromatic N) is 4. The molecule has 2 aromatic carbocycles. The fourth-order valence-electron chi connectivity index (χ4n) is 3.75. The van der Waals surface area contributed by atoms with Crippen molar-refractivity contribution in [1.82, 2.24) is 19.8 Å². The number of fused-ring (bicyclic) bond motifs is 2. The molecule has 7 nitrogen and oxygen atoms in total. The van der Waals surface area contributed by atoms with Gasteiger partial charge in [0.25, 0.3) is 5.91 Å². The molecule has 1 N–H and O–H groups in total. The smallest absolute Gasteiger partial charge is 0.302 e. The second-order valence-corrected chi connectivity index (χ2v) is 9.35. The minimum Gasteiger partial charge on any atom is -0.423 e. The van der Waals surface area contributed by atoms with Gasteiger partial charge in [-0.3, -0.25) is 10.1 Å². The number of nitrogens with one attached hydrogen (secondary N) is 1. The molecule has 1 fully saturated rings. The summed E-state index contributed by atoms with van der Waals surface area (Å²) in [6.07, 6.45) is 0. The second kappa shape index (κ2) is 7.94.